The lowest BCUT2D eigenvalue weighted by Crippen LogP contribution is -2.16. The topological polar surface area (TPSA) is 116 Å². The summed E-state index contributed by atoms with van der Waals surface area (Å²) in [6, 6.07) is 7.58. The third-order valence-electron chi connectivity index (χ3n) is 3.49. The maximum absolute atomic E-state index is 12.6. The average Bonchev–Trinajstić information content (AvgIpc) is 2.66. The van der Waals surface area contributed by atoms with Gasteiger partial charge in [-0.15, -0.1) is 0 Å². The second-order valence-electron chi connectivity index (χ2n) is 5.13. The van der Waals surface area contributed by atoms with E-state index in [1.807, 2.05) is 0 Å². The molecular weight excluding hydrogens is 398 g/mol. The minimum atomic E-state index is -4.17. The maximum atomic E-state index is 12.6. The average molecular weight is 412 g/mol. The molecular formula is C17H14ClNO7S. The van der Waals surface area contributed by atoms with Gasteiger partial charge in [-0.3, -0.25) is 9.52 Å². The van der Waals surface area contributed by atoms with Crippen molar-refractivity contribution in [1.82, 2.24) is 0 Å². The van der Waals surface area contributed by atoms with E-state index in [1.165, 1.54) is 30.3 Å². The lowest BCUT2D eigenvalue weighted by molar-refractivity contribution is 0.0555. The highest BCUT2D eigenvalue weighted by molar-refractivity contribution is 7.92. The molecule has 0 aliphatic heterocycles. The number of carbonyl (C=O) groups excluding carboxylic acids is 3. The number of esters is 2. The number of carbonyl (C=O) groups is 3. The quantitative estimate of drug-likeness (QED) is 0.573. The first-order valence-electron chi connectivity index (χ1n) is 7.32. The monoisotopic (exact) mass is 411 g/mol. The standard InChI is InChI=1S/C17H14ClNO7S/c1-25-16(21)12-7-6-11(8-13(12)17(22)26-2)19-27(23,24)14-5-3-4-10(9-20)15(14)18/h3-9,19H,1-2H3. The fourth-order valence-corrected chi connectivity index (χ4v) is 3.84. The predicted molar refractivity (Wildman–Crippen MR) is 96.8 cm³/mol. The van der Waals surface area contributed by atoms with Gasteiger partial charge in [-0.2, -0.15) is 0 Å². The molecule has 142 valence electrons. The first kappa shape index (κ1) is 20.4. The first-order valence-corrected chi connectivity index (χ1v) is 9.18. The van der Waals surface area contributed by atoms with Crippen LogP contribution >= 0.6 is 11.6 Å². The molecule has 2 aromatic carbocycles. The lowest BCUT2D eigenvalue weighted by atomic mass is 10.1. The van der Waals surface area contributed by atoms with Gasteiger partial charge in [-0.05, 0) is 24.3 Å². The second kappa shape index (κ2) is 8.19. The van der Waals surface area contributed by atoms with Gasteiger partial charge in [0.25, 0.3) is 10.0 Å². The molecule has 0 aliphatic rings. The zero-order chi connectivity index (χ0) is 20.2. The molecule has 0 spiro atoms. The van der Waals surface area contributed by atoms with Crippen molar-refractivity contribution in [3.05, 3.63) is 58.1 Å². The van der Waals surface area contributed by atoms with Gasteiger partial charge in [-0.25, -0.2) is 18.0 Å². The van der Waals surface area contributed by atoms with Crippen molar-refractivity contribution in [3.63, 3.8) is 0 Å². The second-order valence-corrected chi connectivity index (χ2v) is 7.16. The summed E-state index contributed by atoms with van der Waals surface area (Å²) in [7, 11) is -1.92. The van der Waals surface area contributed by atoms with Gasteiger partial charge < -0.3 is 9.47 Å². The summed E-state index contributed by atoms with van der Waals surface area (Å²) in [5.41, 5.74) is -0.281. The first-order chi connectivity index (χ1) is 12.7. The summed E-state index contributed by atoms with van der Waals surface area (Å²) in [6.07, 6.45) is 0.432. The predicted octanol–water partition coefficient (Wildman–Crippen LogP) is 2.53. The Hall–Kier alpha value is -2.91. The maximum Gasteiger partial charge on any atom is 0.338 e. The molecule has 0 unspecified atom stereocenters. The third-order valence-corrected chi connectivity index (χ3v) is 5.45. The van der Waals surface area contributed by atoms with Crippen LogP contribution in [0, 0.1) is 0 Å². The summed E-state index contributed by atoms with van der Waals surface area (Å²) >= 11 is 5.96. The number of benzene rings is 2. The Labute approximate surface area is 160 Å². The number of sulfonamides is 1. The molecule has 0 saturated carbocycles. The minimum Gasteiger partial charge on any atom is -0.465 e. The van der Waals surface area contributed by atoms with E-state index in [0.29, 0.717) is 6.29 Å². The molecule has 0 fully saturated rings. The zero-order valence-corrected chi connectivity index (χ0v) is 15.8. The summed E-state index contributed by atoms with van der Waals surface area (Å²) in [5.74, 6) is -1.64. The molecule has 0 atom stereocenters. The molecule has 0 bridgehead atoms. The van der Waals surface area contributed by atoms with Crippen LogP contribution in [0.4, 0.5) is 5.69 Å². The van der Waals surface area contributed by atoms with E-state index in [1.54, 1.807) is 0 Å². The van der Waals surface area contributed by atoms with Crippen molar-refractivity contribution in [3.8, 4) is 0 Å². The number of aldehydes is 1. The van der Waals surface area contributed by atoms with Crippen molar-refractivity contribution >= 4 is 45.5 Å². The Kier molecular flexibility index (Phi) is 6.19. The highest BCUT2D eigenvalue weighted by Gasteiger charge is 2.23. The van der Waals surface area contributed by atoms with Crippen LogP contribution in [0.25, 0.3) is 0 Å². The largest absolute Gasteiger partial charge is 0.465 e. The van der Waals surface area contributed by atoms with Crippen LogP contribution in [0.5, 0.6) is 0 Å². The zero-order valence-electron chi connectivity index (χ0n) is 14.2. The molecule has 8 nitrogen and oxygen atoms in total. The molecule has 0 radical (unpaired) electrons. The molecule has 1 N–H and O–H groups in total. The number of anilines is 1. The van der Waals surface area contributed by atoms with E-state index in [-0.39, 0.29) is 32.3 Å². The molecule has 2 rings (SSSR count). The number of halogens is 1. The van der Waals surface area contributed by atoms with Crippen LogP contribution in [-0.2, 0) is 19.5 Å². The van der Waals surface area contributed by atoms with Crippen molar-refractivity contribution in [2.75, 3.05) is 18.9 Å². The fraction of sp³-hybridized carbons (Fsp3) is 0.118. The Morgan fingerprint density at radius 3 is 2.26 bits per heavy atom. The Balaban J connectivity index is 2.49. The van der Waals surface area contributed by atoms with E-state index in [4.69, 9.17) is 11.6 Å². The van der Waals surface area contributed by atoms with Crippen molar-refractivity contribution in [2.45, 2.75) is 4.90 Å². The fourth-order valence-electron chi connectivity index (χ4n) is 2.21. The molecule has 0 aliphatic carbocycles. The molecule has 0 saturated heterocycles. The molecule has 10 heteroatoms. The number of ether oxygens (including phenoxy) is 2. The SMILES string of the molecule is COC(=O)c1ccc(NS(=O)(=O)c2cccc(C=O)c2Cl)cc1C(=O)OC. The molecule has 0 aromatic heterocycles. The number of methoxy groups -OCH3 is 2. The van der Waals surface area contributed by atoms with Gasteiger partial charge in [0.1, 0.15) is 4.90 Å². The van der Waals surface area contributed by atoms with Gasteiger partial charge in [-0.1, -0.05) is 23.7 Å². The van der Waals surface area contributed by atoms with Crippen molar-refractivity contribution in [1.29, 1.82) is 0 Å². The van der Waals surface area contributed by atoms with Gasteiger partial charge in [0.05, 0.1) is 30.4 Å². The summed E-state index contributed by atoms with van der Waals surface area (Å²) in [6.45, 7) is 0. The van der Waals surface area contributed by atoms with Gasteiger partial charge in [0, 0.05) is 11.3 Å². The van der Waals surface area contributed by atoms with E-state index >= 15 is 0 Å². The van der Waals surface area contributed by atoms with Crippen LogP contribution in [0.3, 0.4) is 0 Å². The number of nitrogens with one attached hydrogen (secondary N) is 1. The van der Waals surface area contributed by atoms with Crippen molar-refractivity contribution < 1.29 is 32.3 Å². The highest BCUT2D eigenvalue weighted by Crippen LogP contribution is 2.27. The van der Waals surface area contributed by atoms with Gasteiger partial charge >= 0.3 is 11.9 Å². The van der Waals surface area contributed by atoms with E-state index in [9.17, 15) is 22.8 Å². The number of rotatable bonds is 6. The van der Waals surface area contributed by atoms with Crippen molar-refractivity contribution in [2.24, 2.45) is 0 Å². The number of hydrogen-bond donors (Lipinski definition) is 1. The Morgan fingerprint density at radius 2 is 1.67 bits per heavy atom. The van der Waals surface area contributed by atoms with E-state index in [2.05, 4.69) is 14.2 Å². The van der Waals surface area contributed by atoms with Crippen LogP contribution in [0.1, 0.15) is 31.1 Å². The van der Waals surface area contributed by atoms with E-state index < -0.39 is 22.0 Å². The van der Waals surface area contributed by atoms with E-state index in [0.717, 1.165) is 20.3 Å². The molecule has 0 amide bonds. The normalized spacial score (nSPS) is 10.8. The molecule has 0 heterocycles. The van der Waals surface area contributed by atoms with Crippen LogP contribution < -0.4 is 4.72 Å². The van der Waals surface area contributed by atoms with Crippen LogP contribution in [0.2, 0.25) is 5.02 Å². The number of hydrogen-bond acceptors (Lipinski definition) is 7. The summed E-state index contributed by atoms with van der Waals surface area (Å²) < 4.78 is 36.6. The Morgan fingerprint density at radius 1 is 1.04 bits per heavy atom. The lowest BCUT2D eigenvalue weighted by Gasteiger charge is -2.12. The van der Waals surface area contributed by atoms with Gasteiger partial charge in [0.15, 0.2) is 6.29 Å². The summed E-state index contributed by atoms with van der Waals surface area (Å²) in [5, 5.41) is -0.237. The smallest absolute Gasteiger partial charge is 0.338 e. The van der Waals surface area contributed by atoms with Crippen LogP contribution in [-0.4, -0.2) is 40.9 Å². The van der Waals surface area contributed by atoms with Gasteiger partial charge in [0.2, 0.25) is 0 Å². The molecule has 2 aromatic rings. The third kappa shape index (κ3) is 4.26. The van der Waals surface area contributed by atoms with Crippen LogP contribution in [0.15, 0.2) is 41.3 Å². The molecule has 27 heavy (non-hydrogen) atoms. The highest BCUT2D eigenvalue weighted by atomic mass is 35.5. The minimum absolute atomic E-state index is 0.0100. The summed E-state index contributed by atoms with van der Waals surface area (Å²) in [4.78, 5) is 34.3. The Bertz CT molecular complexity index is 1020.